The van der Waals surface area contributed by atoms with Crippen molar-refractivity contribution in [3.8, 4) is 0 Å². The molecule has 0 bridgehead atoms. The maximum absolute atomic E-state index is 12.8. The van der Waals surface area contributed by atoms with E-state index in [1.54, 1.807) is 12.1 Å². The van der Waals surface area contributed by atoms with Gasteiger partial charge in [0, 0.05) is 38.8 Å². The Morgan fingerprint density at radius 3 is 2.44 bits per heavy atom. The van der Waals surface area contributed by atoms with Crippen molar-refractivity contribution in [2.45, 2.75) is 31.3 Å². The zero-order chi connectivity index (χ0) is 19.4. The van der Waals surface area contributed by atoms with Crippen molar-refractivity contribution in [1.82, 2.24) is 14.5 Å². The van der Waals surface area contributed by atoms with Gasteiger partial charge in [0.2, 0.25) is 10.0 Å². The van der Waals surface area contributed by atoms with Crippen LogP contribution in [0, 0.1) is 13.8 Å². The van der Waals surface area contributed by atoms with E-state index in [1.807, 2.05) is 26.1 Å². The van der Waals surface area contributed by atoms with Gasteiger partial charge in [-0.2, -0.15) is 0 Å². The number of benzene rings is 2. The van der Waals surface area contributed by atoms with Crippen molar-refractivity contribution < 1.29 is 8.42 Å². The first-order valence-electron chi connectivity index (χ1n) is 9.37. The Bertz CT molecular complexity index is 865. The molecule has 3 rings (SSSR count). The highest BCUT2D eigenvalue weighted by atomic mass is 32.2. The van der Waals surface area contributed by atoms with Crippen LogP contribution in [-0.2, 0) is 16.6 Å². The van der Waals surface area contributed by atoms with Crippen molar-refractivity contribution in [1.29, 1.82) is 0 Å². The molecule has 0 saturated carbocycles. The van der Waals surface area contributed by atoms with Crippen LogP contribution >= 0.6 is 0 Å². The zero-order valence-electron chi connectivity index (χ0n) is 16.4. The smallest absolute Gasteiger partial charge is 0.240 e. The number of nitrogens with zero attached hydrogens (tertiary/aromatic N) is 2. The van der Waals surface area contributed by atoms with Crippen molar-refractivity contribution in [2.75, 3.05) is 33.2 Å². The van der Waals surface area contributed by atoms with Gasteiger partial charge in [-0.25, -0.2) is 13.1 Å². The first-order chi connectivity index (χ1) is 12.8. The highest BCUT2D eigenvalue weighted by Crippen LogP contribution is 2.14. The van der Waals surface area contributed by atoms with Crippen molar-refractivity contribution in [3.05, 3.63) is 65.2 Å². The maximum atomic E-state index is 12.8. The number of aryl methyl sites for hydroxylation is 2. The summed E-state index contributed by atoms with van der Waals surface area (Å²) in [7, 11) is -1.48. The molecule has 6 heteroatoms. The fourth-order valence-electron chi connectivity index (χ4n) is 3.53. The van der Waals surface area contributed by atoms with Crippen molar-refractivity contribution >= 4 is 10.0 Å². The van der Waals surface area contributed by atoms with Crippen LogP contribution in [0.15, 0.2) is 53.4 Å². The molecule has 1 aliphatic rings. The summed E-state index contributed by atoms with van der Waals surface area (Å²) in [5, 5.41) is 0. The zero-order valence-corrected chi connectivity index (χ0v) is 17.2. The van der Waals surface area contributed by atoms with Crippen LogP contribution in [0.1, 0.15) is 16.7 Å². The number of hydrogen-bond donors (Lipinski definition) is 1. The van der Waals surface area contributed by atoms with E-state index < -0.39 is 10.0 Å². The Balaban J connectivity index is 1.72. The SMILES string of the molecule is Cc1ccc(S(=O)(=O)N[C@@H]2CN(C)CCN(Cc3cccc(C)c3)C2)cc1. The molecule has 0 amide bonds. The third-order valence-electron chi connectivity index (χ3n) is 4.95. The topological polar surface area (TPSA) is 52.7 Å². The second-order valence-corrected chi connectivity index (χ2v) is 9.33. The van der Waals surface area contributed by atoms with E-state index in [9.17, 15) is 8.42 Å². The third-order valence-corrected chi connectivity index (χ3v) is 6.49. The number of likely N-dealkylation sites (N-methyl/N-ethyl adjacent to an activating group) is 1. The van der Waals surface area contributed by atoms with Crippen LogP contribution in [0.2, 0.25) is 0 Å². The molecule has 0 aliphatic carbocycles. The van der Waals surface area contributed by atoms with Crippen LogP contribution in [0.5, 0.6) is 0 Å². The number of hydrogen-bond acceptors (Lipinski definition) is 4. The quantitative estimate of drug-likeness (QED) is 0.856. The summed E-state index contributed by atoms with van der Waals surface area (Å²) in [6.07, 6.45) is 0. The van der Waals surface area contributed by atoms with E-state index in [2.05, 4.69) is 45.7 Å². The van der Waals surface area contributed by atoms with E-state index in [0.29, 0.717) is 18.0 Å². The fraction of sp³-hybridized carbons (Fsp3) is 0.429. The molecule has 1 aliphatic heterocycles. The lowest BCUT2D eigenvalue weighted by atomic mass is 10.1. The van der Waals surface area contributed by atoms with E-state index in [-0.39, 0.29) is 6.04 Å². The highest BCUT2D eigenvalue weighted by molar-refractivity contribution is 7.89. The molecule has 27 heavy (non-hydrogen) atoms. The minimum absolute atomic E-state index is 0.145. The molecule has 2 aromatic rings. The predicted octanol–water partition coefficient (Wildman–Crippen LogP) is 2.40. The van der Waals surface area contributed by atoms with Gasteiger partial charge in [0.15, 0.2) is 0 Å². The molecule has 1 saturated heterocycles. The minimum atomic E-state index is -3.52. The lowest BCUT2D eigenvalue weighted by Crippen LogP contribution is -2.46. The third kappa shape index (κ3) is 5.62. The van der Waals surface area contributed by atoms with Crippen LogP contribution < -0.4 is 4.72 Å². The van der Waals surface area contributed by atoms with Gasteiger partial charge < -0.3 is 4.90 Å². The average molecular weight is 388 g/mol. The van der Waals surface area contributed by atoms with Gasteiger partial charge in [-0.1, -0.05) is 47.5 Å². The summed E-state index contributed by atoms with van der Waals surface area (Å²) in [6.45, 7) is 8.13. The summed E-state index contributed by atoms with van der Waals surface area (Å²) >= 11 is 0. The fourth-order valence-corrected chi connectivity index (χ4v) is 4.75. The maximum Gasteiger partial charge on any atom is 0.240 e. The van der Waals surface area contributed by atoms with Gasteiger partial charge in [0.1, 0.15) is 0 Å². The molecule has 146 valence electrons. The lowest BCUT2D eigenvalue weighted by molar-refractivity contribution is 0.263. The Labute approximate surface area is 163 Å². The van der Waals surface area contributed by atoms with Crippen molar-refractivity contribution in [3.63, 3.8) is 0 Å². The van der Waals surface area contributed by atoms with Crippen LogP contribution in [0.3, 0.4) is 0 Å². The molecule has 1 N–H and O–H groups in total. The van der Waals surface area contributed by atoms with E-state index in [1.165, 1.54) is 11.1 Å². The van der Waals surface area contributed by atoms with Crippen LogP contribution in [0.25, 0.3) is 0 Å². The molecule has 1 atom stereocenters. The molecule has 0 spiro atoms. The summed E-state index contributed by atoms with van der Waals surface area (Å²) in [5.41, 5.74) is 3.56. The summed E-state index contributed by atoms with van der Waals surface area (Å²) < 4.78 is 28.5. The molecule has 2 aromatic carbocycles. The molecule has 5 nitrogen and oxygen atoms in total. The van der Waals surface area contributed by atoms with Gasteiger partial charge in [-0.3, -0.25) is 4.90 Å². The predicted molar refractivity (Wildman–Crippen MR) is 109 cm³/mol. The Morgan fingerprint density at radius 2 is 1.74 bits per heavy atom. The van der Waals surface area contributed by atoms with Gasteiger partial charge in [0.25, 0.3) is 0 Å². The van der Waals surface area contributed by atoms with Crippen LogP contribution in [-0.4, -0.2) is 57.5 Å². The number of sulfonamides is 1. The van der Waals surface area contributed by atoms with E-state index >= 15 is 0 Å². The highest BCUT2D eigenvalue weighted by Gasteiger charge is 2.26. The monoisotopic (exact) mass is 387 g/mol. The summed E-state index contributed by atoms with van der Waals surface area (Å²) in [4.78, 5) is 4.85. The first-order valence-corrected chi connectivity index (χ1v) is 10.9. The molecular weight excluding hydrogens is 358 g/mol. The molecule has 0 aromatic heterocycles. The van der Waals surface area contributed by atoms with Gasteiger partial charge in [-0.05, 0) is 38.6 Å². The van der Waals surface area contributed by atoms with Gasteiger partial charge in [-0.15, -0.1) is 0 Å². The van der Waals surface area contributed by atoms with Gasteiger partial charge >= 0.3 is 0 Å². The first kappa shape index (κ1) is 20.0. The number of rotatable bonds is 5. The average Bonchev–Trinajstić information content (AvgIpc) is 2.76. The molecule has 1 fully saturated rings. The Kier molecular flexibility index (Phi) is 6.32. The summed E-state index contributed by atoms with van der Waals surface area (Å²) in [6, 6.07) is 15.4. The Hall–Kier alpha value is -1.73. The summed E-state index contributed by atoms with van der Waals surface area (Å²) in [5.74, 6) is 0. The molecule has 0 unspecified atom stereocenters. The number of nitrogens with one attached hydrogen (secondary N) is 1. The second kappa shape index (κ2) is 8.52. The minimum Gasteiger partial charge on any atom is -0.303 e. The van der Waals surface area contributed by atoms with Crippen molar-refractivity contribution in [2.24, 2.45) is 0 Å². The largest absolute Gasteiger partial charge is 0.303 e. The second-order valence-electron chi connectivity index (χ2n) is 7.62. The Morgan fingerprint density at radius 1 is 1.00 bits per heavy atom. The van der Waals surface area contributed by atoms with E-state index in [0.717, 1.165) is 25.2 Å². The standard InChI is InChI=1S/C21H29N3O2S/c1-17-7-9-21(10-8-17)27(25,26)22-20-15-23(3)11-12-24(16-20)14-19-6-4-5-18(2)13-19/h4-10,13,20,22H,11-12,14-16H2,1-3H3/t20-/m1/s1. The van der Waals surface area contributed by atoms with Crippen LogP contribution in [0.4, 0.5) is 0 Å². The molecule has 0 radical (unpaired) electrons. The molecule has 1 heterocycles. The normalized spacial score (nSPS) is 19.7. The van der Waals surface area contributed by atoms with E-state index in [4.69, 9.17) is 0 Å². The van der Waals surface area contributed by atoms with Gasteiger partial charge in [0.05, 0.1) is 4.90 Å². The lowest BCUT2D eigenvalue weighted by Gasteiger charge is -2.25. The molecular formula is C21H29N3O2S.